The first kappa shape index (κ1) is 21.6. The molecule has 0 spiro atoms. The predicted octanol–water partition coefficient (Wildman–Crippen LogP) is 5.06. The monoisotopic (exact) mass is 406 g/mol. The van der Waals surface area contributed by atoms with Crippen LogP contribution in [0.3, 0.4) is 0 Å². The molecule has 0 amide bonds. The maximum absolute atomic E-state index is 13.0. The van der Waals surface area contributed by atoms with Gasteiger partial charge in [0.05, 0.1) is 12.1 Å². The molecule has 0 fully saturated rings. The number of imidazole rings is 1. The van der Waals surface area contributed by atoms with Crippen LogP contribution in [-0.4, -0.2) is 20.2 Å². The molecule has 2 aromatic carbocycles. The summed E-state index contributed by atoms with van der Waals surface area (Å²) in [5, 5.41) is 9.43. The fourth-order valence-corrected chi connectivity index (χ4v) is 3.73. The highest BCUT2D eigenvalue weighted by Crippen LogP contribution is 2.24. The van der Waals surface area contributed by atoms with Crippen molar-refractivity contribution in [2.45, 2.75) is 53.1 Å². The van der Waals surface area contributed by atoms with Crippen LogP contribution in [0.4, 0.5) is 0 Å². The van der Waals surface area contributed by atoms with E-state index in [9.17, 15) is 14.7 Å². The molecule has 5 heteroatoms. The van der Waals surface area contributed by atoms with E-state index < -0.39 is 5.97 Å². The summed E-state index contributed by atoms with van der Waals surface area (Å²) in [7, 11) is 0. The molecule has 158 valence electrons. The number of carbonyl (C=O) groups is 1. The van der Waals surface area contributed by atoms with Gasteiger partial charge in [-0.25, -0.2) is 9.59 Å². The largest absolute Gasteiger partial charge is 0.478 e. The van der Waals surface area contributed by atoms with Gasteiger partial charge in [-0.3, -0.25) is 9.13 Å². The van der Waals surface area contributed by atoms with Gasteiger partial charge in [0.1, 0.15) is 0 Å². The van der Waals surface area contributed by atoms with Crippen molar-refractivity contribution < 1.29 is 9.90 Å². The molecule has 1 aromatic heterocycles. The molecule has 5 nitrogen and oxygen atoms in total. The number of benzene rings is 2. The molecule has 0 radical (unpaired) electrons. The van der Waals surface area contributed by atoms with Crippen LogP contribution in [-0.2, 0) is 19.5 Å². The van der Waals surface area contributed by atoms with Crippen molar-refractivity contribution >= 4 is 5.97 Å². The number of aryl methyl sites for hydroxylation is 1. The Labute approximate surface area is 177 Å². The molecular weight excluding hydrogens is 376 g/mol. The van der Waals surface area contributed by atoms with Crippen molar-refractivity contribution in [1.29, 1.82) is 0 Å². The van der Waals surface area contributed by atoms with Crippen molar-refractivity contribution in [1.82, 2.24) is 9.13 Å². The summed E-state index contributed by atoms with van der Waals surface area (Å²) >= 11 is 0. The number of nitrogens with zero attached hydrogens (tertiary/aromatic N) is 2. The first-order chi connectivity index (χ1) is 14.4. The van der Waals surface area contributed by atoms with E-state index in [1.807, 2.05) is 51.7 Å². The molecule has 0 bridgehead atoms. The number of unbranched alkanes of at least 4 members (excludes halogenated alkanes) is 1. The smallest absolute Gasteiger partial charge is 0.336 e. The average molecular weight is 407 g/mol. The van der Waals surface area contributed by atoms with E-state index in [2.05, 4.69) is 20.8 Å². The number of carboxylic acids is 1. The summed E-state index contributed by atoms with van der Waals surface area (Å²) < 4.78 is 3.70. The van der Waals surface area contributed by atoms with Gasteiger partial charge >= 0.3 is 11.7 Å². The Morgan fingerprint density at radius 3 is 2.40 bits per heavy atom. The summed E-state index contributed by atoms with van der Waals surface area (Å²) in [5.74, 6) is -0.528. The third-order valence-electron chi connectivity index (χ3n) is 5.24. The molecule has 0 atom stereocenters. The Kier molecular flexibility index (Phi) is 6.93. The first-order valence-corrected chi connectivity index (χ1v) is 10.6. The topological polar surface area (TPSA) is 64.2 Å². The van der Waals surface area contributed by atoms with E-state index in [1.165, 1.54) is 0 Å². The summed E-state index contributed by atoms with van der Waals surface area (Å²) in [6.07, 6.45) is 5.04. The fraction of sp³-hybridized carbons (Fsp3) is 0.360. The summed E-state index contributed by atoms with van der Waals surface area (Å²) in [5.41, 5.74) is 3.97. The zero-order chi connectivity index (χ0) is 21.7. The van der Waals surface area contributed by atoms with Gasteiger partial charge in [-0.1, -0.05) is 69.7 Å². The Morgan fingerprint density at radius 2 is 1.77 bits per heavy atom. The van der Waals surface area contributed by atoms with E-state index in [-0.39, 0.29) is 11.3 Å². The Balaban J connectivity index is 1.89. The normalized spacial score (nSPS) is 11.2. The van der Waals surface area contributed by atoms with Gasteiger partial charge in [-0.15, -0.1) is 0 Å². The second-order valence-corrected chi connectivity index (χ2v) is 8.19. The van der Waals surface area contributed by atoms with Crippen LogP contribution < -0.4 is 5.69 Å². The minimum atomic E-state index is -0.937. The SMILES string of the molecule is CCCCc1cn(CC(C)C)c(=O)n1Cc1ccc(-c2ccccc2C(=O)O)cc1. The van der Waals surface area contributed by atoms with E-state index in [1.54, 1.807) is 12.1 Å². The number of hydrogen-bond donors (Lipinski definition) is 1. The van der Waals surface area contributed by atoms with Gasteiger partial charge in [0.2, 0.25) is 0 Å². The zero-order valence-corrected chi connectivity index (χ0v) is 18.0. The molecule has 0 aliphatic carbocycles. The Bertz CT molecular complexity index is 1060. The molecule has 1 heterocycles. The third kappa shape index (κ3) is 4.90. The lowest BCUT2D eigenvalue weighted by atomic mass is 9.99. The van der Waals surface area contributed by atoms with E-state index >= 15 is 0 Å². The molecule has 0 saturated carbocycles. The second kappa shape index (κ2) is 9.61. The molecule has 3 aromatic rings. The molecule has 0 aliphatic heterocycles. The Morgan fingerprint density at radius 1 is 1.07 bits per heavy atom. The number of aromatic carboxylic acids is 1. The van der Waals surface area contributed by atoms with Crippen molar-refractivity contribution in [3.63, 3.8) is 0 Å². The maximum Gasteiger partial charge on any atom is 0.336 e. The number of rotatable bonds is 9. The quantitative estimate of drug-likeness (QED) is 0.540. The first-order valence-electron chi connectivity index (χ1n) is 10.6. The molecule has 30 heavy (non-hydrogen) atoms. The minimum Gasteiger partial charge on any atom is -0.478 e. The highest BCUT2D eigenvalue weighted by Gasteiger charge is 2.14. The second-order valence-electron chi connectivity index (χ2n) is 8.19. The molecular formula is C25H30N2O3. The lowest BCUT2D eigenvalue weighted by Gasteiger charge is -2.10. The van der Waals surface area contributed by atoms with E-state index in [0.29, 0.717) is 18.0 Å². The third-order valence-corrected chi connectivity index (χ3v) is 5.24. The van der Waals surface area contributed by atoms with Crippen molar-refractivity contribution in [3.05, 3.63) is 82.0 Å². The van der Waals surface area contributed by atoms with Gasteiger partial charge in [0, 0.05) is 18.4 Å². The summed E-state index contributed by atoms with van der Waals surface area (Å²) in [6, 6.07) is 14.8. The van der Waals surface area contributed by atoms with Crippen molar-refractivity contribution in [2.75, 3.05) is 0 Å². The zero-order valence-electron chi connectivity index (χ0n) is 18.0. The highest BCUT2D eigenvalue weighted by atomic mass is 16.4. The Hall–Kier alpha value is -3.08. The lowest BCUT2D eigenvalue weighted by Crippen LogP contribution is -2.26. The average Bonchev–Trinajstić information content (AvgIpc) is 3.01. The van der Waals surface area contributed by atoms with Gasteiger partial charge in [0.15, 0.2) is 0 Å². The summed E-state index contributed by atoms with van der Waals surface area (Å²) in [6.45, 7) is 7.62. The minimum absolute atomic E-state index is 0.0371. The molecule has 1 N–H and O–H groups in total. The van der Waals surface area contributed by atoms with Crippen LogP contribution in [0.15, 0.2) is 59.5 Å². The number of hydrogen-bond acceptors (Lipinski definition) is 2. The molecule has 0 unspecified atom stereocenters. The predicted molar refractivity (Wildman–Crippen MR) is 120 cm³/mol. The number of aromatic nitrogens is 2. The lowest BCUT2D eigenvalue weighted by molar-refractivity contribution is 0.0697. The van der Waals surface area contributed by atoms with Crippen molar-refractivity contribution in [2.24, 2.45) is 5.92 Å². The maximum atomic E-state index is 13.0. The molecule has 3 rings (SSSR count). The van der Waals surface area contributed by atoms with Crippen LogP contribution in [0.2, 0.25) is 0 Å². The fourth-order valence-electron chi connectivity index (χ4n) is 3.73. The summed E-state index contributed by atoms with van der Waals surface area (Å²) in [4.78, 5) is 24.5. The van der Waals surface area contributed by atoms with Crippen molar-refractivity contribution in [3.8, 4) is 11.1 Å². The molecule has 0 aliphatic rings. The van der Waals surface area contributed by atoms with Crippen LogP contribution in [0.25, 0.3) is 11.1 Å². The highest BCUT2D eigenvalue weighted by molar-refractivity contribution is 5.95. The van der Waals surface area contributed by atoms with Crippen LogP contribution >= 0.6 is 0 Å². The van der Waals surface area contributed by atoms with Gasteiger partial charge in [-0.2, -0.15) is 0 Å². The van der Waals surface area contributed by atoms with Crippen LogP contribution in [0, 0.1) is 5.92 Å². The van der Waals surface area contributed by atoms with E-state index in [0.717, 1.165) is 42.6 Å². The van der Waals surface area contributed by atoms with E-state index in [4.69, 9.17) is 0 Å². The molecule has 0 saturated heterocycles. The van der Waals surface area contributed by atoms with Crippen LogP contribution in [0.1, 0.15) is 55.2 Å². The van der Waals surface area contributed by atoms with Gasteiger partial charge in [-0.05, 0) is 41.5 Å². The standard InChI is InChI=1S/C25H30N2O3/c1-4-5-8-21-17-26(15-18(2)3)25(30)27(21)16-19-11-13-20(14-12-19)22-9-6-7-10-23(22)24(28)29/h6-7,9-14,17-18H,4-5,8,15-16H2,1-3H3,(H,28,29). The van der Waals surface area contributed by atoms with Crippen LogP contribution in [0.5, 0.6) is 0 Å². The van der Waals surface area contributed by atoms with Gasteiger partial charge < -0.3 is 5.11 Å². The van der Waals surface area contributed by atoms with Gasteiger partial charge in [0.25, 0.3) is 0 Å². The number of carboxylic acid groups (broad SMARTS) is 1.